The first-order valence-corrected chi connectivity index (χ1v) is 11.3. The van der Waals surface area contributed by atoms with Crippen molar-refractivity contribution in [2.45, 2.75) is 37.7 Å². The van der Waals surface area contributed by atoms with E-state index in [1.165, 1.54) is 11.8 Å². The highest BCUT2D eigenvalue weighted by Gasteiger charge is 2.21. The summed E-state index contributed by atoms with van der Waals surface area (Å²) >= 11 is 1.46. The second-order valence-electron chi connectivity index (χ2n) is 7.26. The molecule has 0 atom stereocenters. The number of aromatic nitrogens is 7. The molecule has 164 valence electrons. The van der Waals surface area contributed by atoms with Crippen molar-refractivity contribution in [1.82, 2.24) is 39.8 Å². The van der Waals surface area contributed by atoms with Gasteiger partial charge in [-0.3, -0.25) is 4.79 Å². The van der Waals surface area contributed by atoms with Gasteiger partial charge in [-0.15, -0.1) is 5.10 Å². The van der Waals surface area contributed by atoms with E-state index in [4.69, 9.17) is 0 Å². The van der Waals surface area contributed by atoms with Crippen molar-refractivity contribution in [3.8, 4) is 5.69 Å². The number of imidazole rings is 1. The smallest absolute Gasteiger partial charge is 0.273 e. The molecule has 0 aliphatic heterocycles. The Kier molecular flexibility index (Phi) is 6.90. The topological polar surface area (TPSA) is 103 Å². The zero-order chi connectivity index (χ0) is 22.3. The summed E-state index contributed by atoms with van der Waals surface area (Å²) in [4.78, 5) is 25.9. The highest BCUT2D eigenvalue weighted by molar-refractivity contribution is 7.98. The second kappa shape index (κ2) is 10.2. The lowest BCUT2D eigenvalue weighted by Crippen LogP contribution is -2.26. The summed E-state index contributed by atoms with van der Waals surface area (Å²) < 4.78 is 3.68. The molecule has 3 aromatic heterocycles. The highest BCUT2D eigenvalue weighted by atomic mass is 32.2. The molecule has 9 nitrogen and oxygen atoms in total. The number of carbonyl (C=O) groups excluding carboxylic acids is 1. The van der Waals surface area contributed by atoms with Gasteiger partial charge in [0.1, 0.15) is 0 Å². The van der Waals surface area contributed by atoms with Crippen LogP contribution < -0.4 is 5.32 Å². The van der Waals surface area contributed by atoms with Gasteiger partial charge in [0.25, 0.3) is 5.91 Å². The zero-order valence-corrected chi connectivity index (χ0v) is 18.8. The summed E-state index contributed by atoms with van der Waals surface area (Å²) in [7, 11) is 0. The van der Waals surface area contributed by atoms with Crippen molar-refractivity contribution in [3.05, 3.63) is 77.9 Å². The number of hydrogen-bond acceptors (Lipinski definition) is 7. The Morgan fingerprint density at radius 1 is 1.12 bits per heavy atom. The largest absolute Gasteiger partial charge is 0.351 e. The van der Waals surface area contributed by atoms with Crippen LogP contribution in [0.5, 0.6) is 0 Å². The summed E-state index contributed by atoms with van der Waals surface area (Å²) in [5.41, 5.74) is 3.68. The summed E-state index contributed by atoms with van der Waals surface area (Å²) in [5.74, 6) is 0.220. The van der Waals surface area contributed by atoms with Crippen molar-refractivity contribution >= 4 is 17.7 Å². The molecular formula is C22H24N8OS. The van der Waals surface area contributed by atoms with Gasteiger partial charge in [0, 0.05) is 42.6 Å². The lowest BCUT2D eigenvalue weighted by molar-refractivity contribution is 0.0947. The van der Waals surface area contributed by atoms with Gasteiger partial charge in [-0.05, 0) is 38.5 Å². The number of para-hydroxylation sites is 1. The number of nitrogens with one attached hydrogen (secondary N) is 1. The number of benzene rings is 1. The van der Waals surface area contributed by atoms with Crippen LogP contribution in [0.15, 0.2) is 60.3 Å². The minimum atomic E-state index is -0.241. The van der Waals surface area contributed by atoms with Gasteiger partial charge in [0.05, 0.1) is 17.7 Å². The van der Waals surface area contributed by atoms with E-state index < -0.39 is 0 Å². The molecule has 0 aliphatic carbocycles. The molecule has 32 heavy (non-hydrogen) atoms. The molecule has 0 unspecified atom stereocenters. The molecule has 4 aromatic rings. The fourth-order valence-electron chi connectivity index (χ4n) is 3.24. The van der Waals surface area contributed by atoms with Crippen LogP contribution >= 0.6 is 11.8 Å². The Balaban J connectivity index is 1.50. The molecule has 4 rings (SSSR count). The highest BCUT2D eigenvalue weighted by Crippen LogP contribution is 2.23. The summed E-state index contributed by atoms with van der Waals surface area (Å²) in [6, 6.07) is 11.6. The molecule has 1 N–H and O–H groups in total. The Morgan fingerprint density at radius 3 is 2.62 bits per heavy atom. The van der Waals surface area contributed by atoms with Crippen molar-refractivity contribution in [2.24, 2.45) is 0 Å². The average Bonchev–Trinajstić information content (AvgIpc) is 3.45. The van der Waals surface area contributed by atoms with Crippen LogP contribution in [-0.2, 0) is 12.3 Å². The summed E-state index contributed by atoms with van der Waals surface area (Å²) in [6.45, 7) is 5.19. The standard InChI is InChI=1S/C22H24N8OS/c1-16-13-17(2)26-22(25-16)32-14-19-20(27-28-30(19)18-7-4-3-5-8-18)21(31)24-9-6-11-29-12-10-23-15-29/h3-5,7-8,10,12-13,15H,6,9,11,14H2,1-2H3,(H,24,31). The van der Waals surface area contributed by atoms with Crippen molar-refractivity contribution in [2.75, 3.05) is 6.54 Å². The Labute approximate surface area is 190 Å². The number of rotatable bonds is 9. The van der Waals surface area contributed by atoms with E-state index >= 15 is 0 Å². The maximum atomic E-state index is 12.9. The molecule has 0 saturated heterocycles. The Bertz CT molecular complexity index is 1150. The normalized spacial score (nSPS) is 10.9. The number of amides is 1. The maximum Gasteiger partial charge on any atom is 0.273 e. The SMILES string of the molecule is Cc1cc(C)nc(SCc2c(C(=O)NCCCn3ccnc3)nnn2-c2ccccc2)n1. The number of carbonyl (C=O) groups is 1. The third-order valence-corrected chi connectivity index (χ3v) is 5.58. The van der Waals surface area contributed by atoms with E-state index in [0.29, 0.717) is 28.8 Å². The van der Waals surface area contributed by atoms with Gasteiger partial charge in [0.15, 0.2) is 10.9 Å². The van der Waals surface area contributed by atoms with E-state index in [1.54, 1.807) is 17.2 Å². The van der Waals surface area contributed by atoms with Gasteiger partial charge in [0.2, 0.25) is 0 Å². The predicted octanol–water partition coefficient (Wildman–Crippen LogP) is 2.98. The van der Waals surface area contributed by atoms with Crippen LogP contribution in [0.25, 0.3) is 5.69 Å². The fourth-order valence-corrected chi connectivity index (χ4v) is 4.18. The van der Waals surface area contributed by atoms with Crippen LogP contribution in [-0.4, -0.2) is 47.0 Å². The van der Waals surface area contributed by atoms with Crippen molar-refractivity contribution < 1.29 is 4.79 Å². The first-order valence-electron chi connectivity index (χ1n) is 10.3. The molecule has 0 fully saturated rings. The van der Waals surface area contributed by atoms with Gasteiger partial charge >= 0.3 is 0 Å². The van der Waals surface area contributed by atoms with E-state index in [0.717, 1.165) is 30.0 Å². The number of nitrogens with zero attached hydrogens (tertiary/aromatic N) is 7. The van der Waals surface area contributed by atoms with E-state index in [1.807, 2.05) is 61.0 Å². The third kappa shape index (κ3) is 5.38. The van der Waals surface area contributed by atoms with Crippen molar-refractivity contribution in [3.63, 3.8) is 0 Å². The minimum Gasteiger partial charge on any atom is -0.351 e. The first kappa shape index (κ1) is 21.7. The average molecular weight is 449 g/mol. The van der Waals surface area contributed by atoms with Crippen LogP contribution in [0.2, 0.25) is 0 Å². The van der Waals surface area contributed by atoms with Crippen LogP contribution in [0.1, 0.15) is 34.0 Å². The summed E-state index contributed by atoms with van der Waals surface area (Å²) in [5, 5.41) is 12.1. The van der Waals surface area contributed by atoms with Crippen LogP contribution in [0.3, 0.4) is 0 Å². The molecule has 0 saturated carbocycles. The molecule has 0 spiro atoms. The molecule has 1 aromatic carbocycles. The molecule has 0 aliphatic rings. The molecule has 3 heterocycles. The Hall–Kier alpha value is -3.53. The Morgan fingerprint density at radius 2 is 1.91 bits per heavy atom. The third-order valence-electron chi connectivity index (χ3n) is 4.72. The van der Waals surface area contributed by atoms with Gasteiger partial charge < -0.3 is 9.88 Å². The lowest BCUT2D eigenvalue weighted by Gasteiger charge is -2.09. The maximum absolute atomic E-state index is 12.9. The zero-order valence-electron chi connectivity index (χ0n) is 18.0. The fraction of sp³-hybridized carbons (Fsp3) is 0.273. The van der Waals surface area contributed by atoms with Gasteiger partial charge in [-0.25, -0.2) is 19.6 Å². The minimum absolute atomic E-state index is 0.241. The van der Waals surface area contributed by atoms with Crippen LogP contribution in [0, 0.1) is 13.8 Å². The van der Waals surface area contributed by atoms with Crippen LogP contribution in [0.4, 0.5) is 0 Å². The molecule has 0 radical (unpaired) electrons. The molecule has 10 heteroatoms. The lowest BCUT2D eigenvalue weighted by atomic mass is 10.2. The first-order chi connectivity index (χ1) is 15.6. The van der Waals surface area contributed by atoms with Gasteiger partial charge in [-0.1, -0.05) is 35.2 Å². The number of aryl methyl sites for hydroxylation is 3. The quantitative estimate of drug-likeness (QED) is 0.238. The molecular weight excluding hydrogens is 424 g/mol. The monoisotopic (exact) mass is 448 g/mol. The summed E-state index contributed by atoms with van der Waals surface area (Å²) in [6.07, 6.45) is 6.19. The van der Waals surface area contributed by atoms with E-state index in [2.05, 4.69) is 30.6 Å². The number of thioether (sulfide) groups is 1. The second-order valence-corrected chi connectivity index (χ2v) is 8.21. The van der Waals surface area contributed by atoms with E-state index in [9.17, 15) is 4.79 Å². The molecule has 1 amide bonds. The predicted molar refractivity (Wildman–Crippen MR) is 122 cm³/mol. The molecule has 0 bridgehead atoms. The van der Waals surface area contributed by atoms with Crippen molar-refractivity contribution in [1.29, 1.82) is 0 Å². The van der Waals surface area contributed by atoms with Gasteiger partial charge in [-0.2, -0.15) is 0 Å². The van der Waals surface area contributed by atoms with E-state index in [-0.39, 0.29) is 5.91 Å². The number of hydrogen-bond donors (Lipinski definition) is 1.